The lowest BCUT2D eigenvalue weighted by Gasteiger charge is -2.51. The second kappa shape index (κ2) is 5.91. The van der Waals surface area contributed by atoms with Gasteiger partial charge in [0.15, 0.2) is 5.78 Å². The normalized spacial score (nSPS) is 27.8. The molecule has 0 N–H and O–H groups in total. The van der Waals surface area contributed by atoms with Crippen molar-refractivity contribution >= 4 is 5.78 Å². The molecule has 1 heterocycles. The van der Waals surface area contributed by atoms with Crippen LogP contribution in [0.25, 0.3) is 16.1 Å². The van der Waals surface area contributed by atoms with Gasteiger partial charge < -0.3 is 4.79 Å². The van der Waals surface area contributed by atoms with E-state index in [1.807, 2.05) is 23.9 Å². The fourth-order valence-electron chi connectivity index (χ4n) is 6.39. The third-order valence-corrected chi connectivity index (χ3v) is 7.51. The minimum atomic E-state index is -0.356. The van der Waals surface area contributed by atoms with Gasteiger partial charge in [0.25, 0.3) is 0 Å². The highest BCUT2D eigenvalue weighted by molar-refractivity contribution is 6.03. The van der Waals surface area contributed by atoms with Crippen molar-refractivity contribution in [2.24, 2.45) is 18.4 Å². The summed E-state index contributed by atoms with van der Waals surface area (Å²) in [6, 6.07) is 10.4. The zero-order valence-electron chi connectivity index (χ0n) is 16.5. The van der Waals surface area contributed by atoms with Gasteiger partial charge in [0.2, 0.25) is 5.70 Å². The van der Waals surface area contributed by atoms with E-state index >= 15 is 0 Å². The van der Waals surface area contributed by atoms with E-state index in [9.17, 15) is 4.79 Å². The van der Waals surface area contributed by atoms with Gasteiger partial charge in [-0.3, -0.25) is 4.68 Å². The van der Waals surface area contributed by atoms with Crippen LogP contribution >= 0.6 is 0 Å². The number of ketones is 1. The summed E-state index contributed by atoms with van der Waals surface area (Å²) < 4.78 is 2.00. The largest absolute Gasteiger partial charge is 0.307 e. The topological polar surface area (TPSA) is 39.2 Å². The molecule has 1 aromatic carbocycles. The zero-order valence-corrected chi connectivity index (χ0v) is 16.5. The number of allylic oxidation sites excluding steroid dienone is 2. The smallest absolute Gasteiger partial charge is 0.226 e. The van der Waals surface area contributed by atoms with E-state index in [1.165, 1.54) is 16.8 Å². The van der Waals surface area contributed by atoms with Crippen molar-refractivity contribution in [3.05, 3.63) is 64.8 Å². The number of rotatable bonds is 1. The van der Waals surface area contributed by atoms with E-state index in [4.69, 9.17) is 11.7 Å². The Kier molecular flexibility index (Phi) is 3.68. The van der Waals surface area contributed by atoms with Crippen LogP contribution in [0.3, 0.4) is 0 Å². The van der Waals surface area contributed by atoms with Crippen molar-refractivity contribution in [3.8, 4) is 11.3 Å². The summed E-state index contributed by atoms with van der Waals surface area (Å²) in [4.78, 5) is 16.9. The molecule has 3 aliphatic carbocycles. The third-order valence-electron chi connectivity index (χ3n) is 7.51. The molecule has 3 aliphatic rings. The highest BCUT2D eigenvalue weighted by atomic mass is 16.1. The molecule has 142 valence electrons. The first kappa shape index (κ1) is 17.4. The number of hydrogen-bond acceptors (Lipinski definition) is 2. The van der Waals surface area contributed by atoms with E-state index in [0.29, 0.717) is 5.70 Å². The summed E-state index contributed by atoms with van der Waals surface area (Å²) in [5.74, 6) is 0.344. The summed E-state index contributed by atoms with van der Waals surface area (Å²) >= 11 is 0. The van der Waals surface area contributed by atoms with E-state index in [0.717, 1.165) is 44.2 Å². The van der Waals surface area contributed by atoms with Crippen LogP contribution in [0, 0.1) is 17.9 Å². The first-order valence-electron chi connectivity index (χ1n) is 10.3. The average Bonchev–Trinajstić information content (AvgIpc) is 3.31. The maximum Gasteiger partial charge on any atom is 0.226 e. The molecular formula is C24H25N3O. The van der Waals surface area contributed by atoms with Gasteiger partial charge >= 0.3 is 0 Å². The van der Waals surface area contributed by atoms with E-state index in [1.54, 1.807) is 0 Å². The lowest BCUT2D eigenvalue weighted by Crippen LogP contribution is -2.52. The van der Waals surface area contributed by atoms with Gasteiger partial charge in [-0.1, -0.05) is 56.2 Å². The Labute approximate surface area is 166 Å². The number of fused-ring (bicyclic) bond motifs is 4. The summed E-state index contributed by atoms with van der Waals surface area (Å²) in [7, 11) is 2.01. The summed E-state index contributed by atoms with van der Waals surface area (Å²) in [5, 5.41) is 4.99. The van der Waals surface area contributed by atoms with Crippen LogP contribution in [0.15, 0.2) is 42.1 Å². The molecule has 0 amide bonds. The molecule has 1 saturated carbocycles. The Hall–Kier alpha value is -2.67. The molecule has 0 aliphatic heterocycles. The van der Waals surface area contributed by atoms with Gasteiger partial charge in [-0.25, -0.2) is 4.85 Å². The predicted octanol–water partition coefficient (Wildman–Crippen LogP) is 4.85. The van der Waals surface area contributed by atoms with E-state index < -0.39 is 0 Å². The molecule has 4 nitrogen and oxygen atoms in total. The van der Waals surface area contributed by atoms with Crippen molar-refractivity contribution < 1.29 is 4.79 Å². The molecule has 1 aromatic heterocycles. The SMILES string of the molecule is [C-]#[N+]C1=C[C@]2(C)c3nn(C)c(-c4ccccc4)c3CC[C@H]2C2(CCCC2)C1=O. The predicted molar refractivity (Wildman–Crippen MR) is 108 cm³/mol. The van der Waals surface area contributed by atoms with Crippen LogP contribution < -0.4 is 0 Å². The maximum absolute atomic E-state index is 13.3. The summed E-state index contributed by atoms with van der Waals surface area (Å²) in [6.45, 7) is 9.86. The molecule has 1 fully saturated rings. The molecule has 0 saturated heterocycles. The average molecular weight is 371 g/mol. The van der Waals surface area contributed by atoms with Crippen LogP contribution in [0.1, 0.15) is 50.3 Å². The van der Waals surface area contributed by atoms with Gasteiger partial charge in [-0.15, -0.1) is 0 Å². The highest BCUT2D eigenvalue weighted by Gasteiger charge is 2.59. The quantitative estimate of drug-likeness (QED) is 0.672. The Balaban J connectivity index is 1.74. The van der Waals surface area contributed by atoms with Crippen molar-refractivity contribution in [3.63, 3.8) is 0 Å². The molecule has 0 radical (unpaired) electrons. The minimum Gasteiger partial charge on any atom is -0.307 e. The first-order chi connectivity index (χ1) is 13.5. The fraction of sp³-hybridized carbons (Fsp3) is 0.458. The number of aromatic nitrogens is 2. The second-order valence-corrected chi connectivity index (χ2v) is 8.87. The molecule has 2 atom stereocenters. The monoisotopic (exact) mass is 371 g/mol. The number of carbonyl (C=O) groups is 1. The molecule has 0 bridgehead atoms. The van der Waals surface area contributed by atoms with Crippen molar-refractivity contribution in [1.29, 1.82) is 0 Å². The second-order valence-electron chi connectivity index (χ2n) is 8.87. The van der Waals surface area contributed by atoms with Crippen LogP contribution in [0.2, 0.25) is 0 Å². The van der Waals surface area contributed by atoms with Gasteiger partial charge in [0.05, 0.1) is 18.0 Å². The molecule has 5 rings (SSSR count). The minimum absolute atomic E-state index is 0.102. The lowest BCUT2D eigenvalue weighted by atomic mass is 9.51. The standard InChI is InChI=1S/C24H25N3O/c1-23-15-18(25-2)22(28)24(13-7-8-14-24)19(23)12-11-17-20(27(3)26-21(17)23)16-9-5-4-6-10-16/h4-6,9-10,15,19H,7-8,11-14H2,1,3H3/t19-,23+/m1/s1. The Bertz CT molecular complexity index is 1030. The maximum atomic E-state index is 13.3. The number of hydrogen-bond donors (Lipinski definition) is 0. The van der Waals surface area contributed by atoms with E-state index in [2.05, 4.69) is 36.0 Å². The summed E-state index contributed by atoms with van der Waals surface area (Å²) in [6.07, 6.45) is 7.92. The van der Waals surface area contributed by atoms with E-state index in [-0.39, 0.29) is 22.5 Å². The Morgan fingerprint density at radius 2 is 1.93 bits per heavy atom. The van der Waals surface area contributed by atoms with Crippen molar-refractivity contribution in [1.82, 2.24) is 9.78 Å². The van der Waals surface area contributed by atoms with Gasteiger partial charge in [-0.2, -0.15) is 5.10 Å². The van der Waals surface area contributed by atoms with Crippen LogP contribution in [0.4, 0.5) is 0 Å². The molecule has 4 heteroatoms. The van der Waals surface area contributed by atoms with Crippen LogP contribution in [-0.4, -0.2) is 15.6 Å². The zero-order chi connectivity index (χ0) is 19.5. The van der Waals surface area contributed by atoms with Crippen molar-refractivity contribution in [2.45, 2.75) is 50.9 Å². The molecule has 28 heavy (non-hydrogen) atoms. The van der Waals surface area contributed by atoms with Crippen LogP contribution in [-0.2, 0) is 23.7 Å². The molecule has 0 unspecified atom stereocenters. The van der Waals surface area contributed by atoms with Crippen LogP contribution in [0.5, 0.6) is 0 Å². The number of nitrogens with zero attached hydrogens (tertiary/aromatic N) is 3. The third kappa shape index (κ3) is 2.11. The Morgan fingerprint density at radius 1 is 1.21 bits per heavy atom. The first-order valence-corrected chi connectivity index (χ1v) is 10.3. The number of aryl methyl sites for hydroxylation is 1. The van der Waals surface area contributed by atoms with Gasteiger partial charge in [0.1, 0.15) is 0 Å². The van der Waals surface area contributed by atoms with Gasteiger partial charge in [0, 0.05) is 29.0 Å². The molecule has 2 aromatic rings. The Morgan fingerprint density at radius 3 is 2.61 bits per heavy atom. The summed E-state index contributed by atoms with van der Waals surface area (Å²) in [5.41, 5.74) is 4.34. The number of carbonyl (C=O) groups excluding carboxylic acids is 1. The number of benzene rings is 1. The lowest BCUT2D eigenvalue weighted by molar-refractivity contribution is -0.130. The highest BCUT2D eigenvalue weighted by Crippen LogP contribution is 2.61. The fourth-order valence-corrected chi connectivity index (χ4v) is 6.39. The molecule has 1 spiro atoms. The van der Waals surface area contributed by atoms with Crippen molar-refractivity contribution in [2.75, 3.05) is 0 Å². The van der Waals surface area contributed by atoms with Gasteiger partial charge in [-0.05, 0) is 31.6 Å². The molecular weight excluding hydrogens is 346 g/mol. The number of Topliss-reactive ketones (excluding diaryl/α,β-unsaturated/α-hetero) is 1.